The van der Waals surface area contributed by atoms with Crippen LogP contribution >= 0.6 is 31.9 Å². The second-order valence-electron chi connectivity index (χ2n) is 11.9. The van der Waals surface area contributed by atoms with Crippen LogP contribution < -0.4 is 10.4 Å². The Bertz CT molecular complexity index is 1370. The Morgan fingerprint density at radius 3 is 2.02 bits per heavy atom. The van der Waals surface area contributed by atoms with Gasteiger partial charge in [0, 0.05) is 32.9 Å². The second-order valence-corrected chi connectivity index (χ2v) is 17.9. The Hall–Kier alpha value is -2.79. The molecule has 0 aromatic heterocycles. The fourth-order valence-electron chi connectivity index (χ4n) is 6.13. The number of halogens is 2. The van der Waals surface area contributed by atoms with Crippen molar-refractivity contribution in [3.05, 3.63) is 116 Å². The summed E-state index contributed by atoms with van der Waals surface area (Å²) in [4.78, 5) is 26.2. The Kier molecular flexibility index (Phi) is 11.0. The number of methoxy groups -OCH3 is 1. The number of carbonyl (C=O) groups excluding carboxylic acids is 1. The molecule has 10 heteroatoms. The quantitative estimate of drug-likeness (QED) is 0.0958. The average Bonchev–Trinajstić information content (AvgIpc) is 2.97. The van der Waals surface area contributed by atoms with Gasteiger partial charge in [-0.25, -0.2) is 4.79 Å². The molecule has 0 N–H and O–H groups in total. The van der Waals surface area contributed by atoms with Crippen molar-refractivity contribution in [3.63, 3.8) is 0 Å². The molecule has 3 aromatic rings. The highest BCUT2D eigenvalue weighted by molar-refractivity contribution is 9.11. The van der Waals surface area contributed by atoms with Crippen LogP contribution in [0.4, 0.5) is 4.79 Å². The van der Waals surface area contributed by atoms with E-state index in [-0.39, 0.29) is 28.5 Å². The van der Waals surface area contributed by atoms with Gasteiger partial charge in [-0.1, -0.05) is 132 Å². The molecule has 0 aliphatic carbocycles. The van der Waals surface area contributed by atoms with Crippen molar-refractivity contribution in [3.8, 4) is 0 Å². The van der Waals surface area contributed by atoms with Gasteiger partial charge in [-0.3, -0.25) is 10.1 Å². The topological polar surface area (TPSA) is 81.9 Å². The molecule has 4 rings (SSSR count). The minimum atomic E-state index is -2.76. The summed E-state index contributed by atoms with van der Waals surface area (Å²) in [6, 6.07) is 26.2. The van der Waals surface area contributed by atoms with Crippen LogP contribution in [0.3, 0.4) is 0 Å². The summed E-state index contributed by atoms with van der Waals surface area (Å²) in [5, 5.41) is 13.9. The second kappa shape index (κ2) is 14.3. The molecule has 0 saturated carbocycles. The van der Waals surface area contributed by atoms with Gasteiger partial charge >= 0.3 is 6.09 Å². The maximum absolute atomic E-state index is 13.1. The molecule has 43 heavy (non-hydrogen) atoms. The van der Waals surface area contributed by atoms with Crippen LogP contribution in [-0.2, 0) is 9.16 Å². The molecular formula is C33H38Br2N2O5Si. The molecule has 0 bridgehead atoms. The summed E-state index contributed by atoms with van der Waals surface area (Å²) in [7, 11) is -1.40. The molecule has 1 heterocycles. The highest BCUT2D eigenvalue weighted by Crippen LogP contribution is 2.39. The van der Waals surface area contributed by atoms with Crippen LogP contribution in [0.15, 0.2) is 100.0 Å². The first-order chi connectivity index (χ1) is 20.5. The number of hydrogen-bond donors (Lipinski definition) is 0. The van der Waals surface area contributed by atoms with Crippen LogP contribution in [0.2, 0.25) is 5.04 Å². The average molecular weight is 731 g/mol. The van der Waals surface area contributed by atoms with Gasteiger partial charge in [0.15, 0.2) is 0 Å². The van der Waals surface area contributed by atoms with Gasteiger partial charge in [0.25, 0.3) is 8.32 Å². The van der Waals surface area contributed by atoms with Crippen LogP contribution in [0.5, 0.6) is 0 Å². The van der Waals surface area contributed by atoms with Crippen molar-refractivity contribution in [1.29, 1.82) is 0 Å². The number of rotatable bonds is 10. The fraction of sp³-hybridized carbons (Fsp3) is 0.364. The first kappa shape index (κ1) is 33.1. The number of nitro groups is 1. The maximum atomic E-state index is 13.1. The molecule has 0 spiro atoms. The molecule has 1 aliphatic heterocycles. The summed E-state index contributed by atoms with van der Waals surface area (Å²) in [6.07, 6.45) is 3.99. The minimum Gasteiger partial charge on any atom is -0.453 e. The molecule has 0 radical (unpaired) electrons. The van der Waals surface area contributed by atoms with Crippen molar-refractivity contribution in [1.82, 2.24) is 4.90 Å². The molecule has 0 saturated heterocycles. The molecule has 7 nitrogen and oxygen atoms in total. The predicted molar refractivity (Wildman–Crippen MR) is 180 cm³/mol. The number of carbonyl (C=O) groups is 1. The summed E-state index contributed by atoms with van der Waals surface area (Å²) in [5.74, 6) is -0.521. The Balaban J connectivity index is 1.65. The molecule has 1 aliphatic rings. The van der Waals surface area contributed by atoms with Crippen molar-refractivity contribution >= 4 is 56.6 Å². The zero-order chi connectivity index (χ0) is 31.2. The van der Waals surface area contributed by atoms with E-state index < -0.39 is 20.3 Å². The summed E-state index contributed by atoms with van der Waals surface area (Å²) in [6.45, 7) is 7.25. The van der Waals surface area contributed by atoms with Crippen LogP contribution in [0.1, 0.15) is 38.7 Å². The van der Waals surface area contributed by atoms with E-state index in [2.05, 4.69) is 107 Å². The third-order valence-electron chi connectivity index (χ3n) is 8.08. The Labute approximate surface area is 271 Å². The van der Waals surface area contributed by atoms with Gasteiger partial charge in [-0.05, 0) is 39.5 Å². The fourth-order valence-corrected chi connectivity index (χ4v) is 12.4. The summed E-state index contributed by atoms with van der Waals surface area (Å²) in [5.41, 5.74) is 0.814. The highest BCUT2D eigenvalue weighted by atomic mass is 79.9. The van der Waals surface area contributed by atoms with E-state index in [0.29, 0.717) is 19.6 Å². The third kappa shape index (κ3) is 7.48. The molecule has 3 aromatic carbocycles. The minimum absolute atomic E-state index is 0.0823. The number of ether oxygens (including phenoxy) is 1. The van der Waals surface area contributed by atoms with Gasteiger partial charge in [-0.15, -0.1) is 0 Å². The molecule has 228 valence electrons. The molecular weight excluding hydrogens is 692 g/mol. The first-order valence-corrected chi connectivity index (χ1v) is 17.8. The lowest BCUT2D eigenvalue weighted by Crippen LogP contribution is -2.67. The van der Waals surface area contributed by atoms with Crippen molar-refractivity contribution in [2.24, 2.45) is 5.92 Å². The van der Waals surface area contributed by atoms with E-state index in [9.17, 15) is 14.9 Å². The number of nitrogens with zero attached hydrogens (tertiary/aromatic N) is 2. The molecule has 3 atom stereocenters. The normalized spacial score (nSPS) is 17.9. The van der Waals surface area contributed by atoms with Crippen LogP contribution in [-0.4, -0.2) is 57.1 Å². The van der Waals surface area contributed by atoms with E-state index >= 15 is 0 Å². The SMILES string of the molecule is COC(=O)N1C[C@H](CO[Si](c2ccccc2)(c2ccccc2)C(C)(C)C)C=C[C@H]1CC(C[N+](=O)[O-])c1c(Br)cccc1Br. The van der Waals surface area contributed by atoms with E-state index in [4.69, 9.17) is 9.16 Å². The first-order valence-electron chi connectivity index (χ1n) is 14.3. The van der Waals surface area contributed by atoms with Gasteiger partial charge in [0.05, 0.1) is 19.1 Å². The van der Waals surface area contributed by atoms with E-state index in [1.165, 1.54) is 17.5 Å². The third-order valence-corrected chi connectivity index (χ3v) is 14.5. The Morgan fingerprint density at radius 1 is 0.977 bits per heavy atom. The van der Waals surface area contributed by atoms with Crippen molar-refractivity contribution in [2.45, 2.75) is 44.2 Å². The van der Waals surface area contributed by atoms with Crippen LogP contribution in [0, 0.1) is 16.0 Å². The lowest BCUT2D eigenvalue weighted by molar-refractivity contribution is -0.483. The highest BCUT2D eigenvalue weighted by Gasteiger charge is 2.50. The van der Waals surface area contributed by atoms with Crippen molar-refractivity contribution < 1.29 is 18.9 Å². The predicted octanol–water partition coefficient (Wildman–Crippen LogP) is 7.16. The molecule has 0 fully saturated rings. The Morgan fingerprint density at radius 2 is 1.53 bits per heavy atom. The maximum Gasteiger partial charge on any atom is 0.409 e. The van der Waals surface area contributed by atoms with E-state index in [0.717, 1.165) is 14.5 Å². The van der Waals surface area contributed by atoms with Gasteiger partial charge in [-0.2, -0.15) is 0 Å². The van der Waals surface area contributed by atoms with Crippen LogP contribution in [0.25, 0.3) is 0 Å². The smallest absolute Gasteiger partial charge is 0.409 e. The molecule has 1 unspecified atom stereocenters. The standard InChI is InChI=1S/C33H38Br2N2O5Si/c1-33(2,3)43(27-12-7-5-8-13-27,28-14-9-6-10-15-28)42-23-24-18-19-26(36(21-24)32(38)41-4)20-25(22-37(39)40)31-29(34)16-11-17-30(31)35/h5-19,24-26H,20-23H2,1-4H3/t24-,25?,26+/m1/s1. The van der Waals surface area contributed by atoms with Gasteiger partial charge < -0.3 is 14.1 Å². The van der Waals surface area contributed by atoms with Crippen molar-refractivity contribution in [2.75, 3.05) is 26.8 Å². The zero-order valence-corrected chi connectivity index (χ0v) is 29.1. The summed E-state index contributed by atoms with van der Waals surface area (Å²) < 4.78 is 13.9. The number of benzene rings is 3. The van der Waals surface area contributed by atoms with E-state index in [1.54, 1.807) is 4.90 Å². The lowest BCUT2D eigenvalue weighted by atomic mass is 9.89. The van der Waals surface area contributed by atoms with Gasteiger partial charge in [0.1, 0.15) is 0 Å². The zero-order valence-electron chi connectivity index (χ0n) is 24.9. The largest absolute Gasteiger partial charge is 0.453 e. The number of amides is 1. The summed E-state index contributed by atoms with van der Waals surface area (Å²) >= 11 is 7.15. The lowest BCUT2D eigenvalue weighted by Gasteiger charge is -2.44. The van der Waals surface area contributed by atoms with E-state index in [1.807, 2.05) is 36.4 Å². The monoisotopic (exact) mass is 728 g/mol. The number of hydrogen-bond acceptors (Lipinski definition) is 5. The van der Waals surface area contributed by atoms with Gasteiger partial charge in [0.2, 0.25) is 6.54 Å². The molecule has 1 amide bonds.